The molecule has 0 saturated carbocycles. The molecule has 2 N–H and O–H groups in total. The van der Waals surface area contributed by atoms with Crippen LogP contribution in [0.3, 0.4) is 0 Å². The van der Waals surface area contributed by atoms with E-state index in [0.29, 0.717) is 37.3 Å². The maximum absolute atomic E-state index is 17.0. The van der Waals surface area contributed by atoms with Crippen molar-refractivity contribution < 1.29 is 27.8 Å². The molecule has 7 rings (SSSR count). The van der Waals surface area contributed by atoms with E-state index in [1.165, 1.54) is 36.5 Å². The molecule has 53 heavy (non-hydrogen) atoms. The van der Waals surface area contributed by atoms with Crippen LogP contribution in [0.4, 0.5) is 19.0 Å². The molecular weight excluding hydrogens is 683 g/mol. The number of rotatable bonds is 9. The Hall–Kier alpha value is -5.74. The van der Waals surface area contributed by atoms with E-state index in [-0.39, 0.29) is 76.4 Å². The summed E-state index contributed by atoms with van der Waals surface area (Å²) >= 11 is 0. The largest absolute Gasteiger partial charge is 0.508 e. The third-order valence-electron chi connectivity index (χ3n) is 10.0. The van der Waals surface area contributed by atoms with Gasteiger partial charge in [0.05, 0.1) is 16.5 Å². The van der Waals surface area contributed by atoms with Gasteiger partial charge in [0.2, 0.25) is 5.91 Å². The monoisotopic (exact) mass is 721 g/mol. The van der Waals surface area contributed by atoms with E-state index in [2.05, 4.69) is 32.8 Å². The number of alkyl halides is 1. The van der Waals surface area contributed by atoms with Crippen molar-refractivity contribution in [3.63, 3.8) is 0 Å². The lowest BCUT2D eigenvalue weighted by Crippen LogP contribution is -2.45. The number of halogens is 3. The zero-order valence-corrected chi connectivity index (χ0v) is 29.2. The number of phenolic OH excluding ortho intramolecular Hbond substituents is 1. The Labute approximate surface area is 304 Å². The molecule has 5 heterocycles. The topological polar surface area (TPSA) is 117 Å². The van der Waals surface area contributed by atoms with Crippen molar-refractivity contribution in [1.82, 2.24) is 30.2 Å². The highest BCUT2D eigenvalue weighted by Crippen LogP contribution is 2.39. The summed E-state index contributed by atoms with van der Waals surface area (Å²) in [5.41, 5.74) is -0.202. The van der Waals surface area contributed by atoms with Crippen LogP contribution >= 0.6 is 0 Å². The first kappa shape index (κ1) is 35.7. The van der Waals surface area contributed by atoms with Crippen LogP contribution in [0.2, 0.25) is 0 Å². The third kappa shape index (κ3) is 7.19. The Balaban J connectivity index is 1.33. The van der Waals surface area contributed by atoms with E-state index in [0.717, 1.165) is 18.4 Å². The number of terminal acetylenes is 1. The normalized spacial score (nSPS) is 20.6. The standard InChI is InChI=1S/C40H38F3N7O3/c1-4-29-32(42)12-11-25-15-28(51)16-30(34(25)29)36-35(43)37-31(19-45-36)38(49-14-7-6-10-27(22-49)46-33(52)5-2)48-39(47-37)53-23-40(3)17-26(41)21-50(40)20-24-9-8-13-44-18-24/h1,5,8-9,11-13,15-16,18-19,26-27,51H,2,6-7,10,14,17,20-23H2,3H3,(H,46,52)/t26-,27?,40+/m1/s1. The summed E-state index contributed by atoms with van der Waals surface area (Å²) < 4.78 is 53.2. The molecule has 1 unspecified atom stereocenters. The second-order valence-corrected chi connectivity index (χ2v) is 13.9. The Morgan fingerprint density at radius 3 is 2.83 bits per heavy atom. The number of aromatic hydroxyl groups is 1. The van der Waals surface area contributed by atoms with Gasteiger partial charge in [0, 0.05) is 68.2 Å². The summed E-state index contributed by atoms with van der Waals surface area (Å²) in [7, 11) is 0. The number of carbonyl (C=O) groups excluding carboxylic acids is 1. The number of hydrogen-bond donors (Lipinski definition) is 2. The summed E-state index contributed by atoms with van der Waals surface area (Å²) in [6.07, 6.45) is 13.2. The molecule has 0 spiro atoms. The highest BCUT2D eigenvalue weighted by atomic mass is 19.1. The molecule has 5 aromatic rings. The summed E-state index contributed by atoms with van der Waals surface area (Å²) in [4.78, 5) is 34.2. The summed E-state index contributed by atoms with van der Waals surface area (Å²) in [6.45, 7) is 7.02. The molecular formula is C40H38F3N7O3. The summed E-state index contributed by atoms with van der Waals surface area (Å²) in [6, 6.07) is 8.70. The first-order valence-electron chi connectivity index (χ1n) is 17.4. The highest BCUT2D eigenvalue weighted by Gasteiger charge is 2.43. The van der Waals surface area contributed by atoms with Crippen molar-refractivity contribution >= 4 is 33.4 Å². The number of aromatic nitrogens is 4. The number of fused-ring (bicyclic) bond motifs is 2. The SMILES string of the molecule is C#Cc1c(F)ccc2cc(O)cc(-c3ncc4c(N5CCCCC(NC(=O)C=C)C5)nc(OC[C@]5(C)C[C@@H](F)CN5Cc5cccnc5)nc4c3F)c12. The average molecular weight is 722 g/mol. The second-order valence-electron chi connectivity index (χ2n) is 13.9. The van der Waals surface area contributed by atoms with Gasteiger partial charge in [-0.15, -0.1) is 6.42 Å². The number of likely N-dealkylation sites (tertiary alicyclic amines) is 1. The Kier molecular flexibility index (Phi) is 9.90. The van der Waals surface area contributed by atoms with Crippen molar-refractivity contribution in [3.8, 4) is 35.4 Å². The van der Waals surface area contributed by atoms with Gasteiger partial charge < -0.3 is 20.1 Å². The molecule has 2 aliphatic rings. The van der Waals surface area contributed by atoms with Crippen LogP contribution in [-0.2, 0) is 11.3 Å². The zero-order valence-electron chi connectivity index (χ0n) is 29.2. The number of hydrogen-bond acceptors (Lipinski definition) is 9. The van der Waals surface area contributed by atoms with Crippen LogP contribution in [0.15, 0.2) is 67.6 Å². The van der Waals surface area contributed by atoms with Gasteiger partial charge in [-0.1, -0.05) is 24.6 Å². The van der Waals surface area contributed by atoms with Crippen molar-refractivity contribution in [2.75, 3.05) is 31.1 Å². The Morgan fingerprint density at radius 1 is 1.21 bits per heavy atom. The van der Waals surface area contributed by atoms with Gasteiger partial charge in [0.25, 0.3) is 0 Å². The van der Waals surface area contributed by atoms with E-state index in [1.807, 2.05) is 28.9 Å². The van der Waals surface area contributed by atoms with Gasteiger partial charge in [-0.2, -0.15) is 9.97 Å². The van der Waals surface area contributed by atoms with Gasteiger partial charge in [0.15, 0.2) is 5.82 Å². The Morgan fingerprint density at radius 2 is 2.06 bits per heavy atom. The van der Waals surface area contributed by atoms with Gasteiger partial charge in [0.1, 0.15) is 41.4 Å². The molecule has 2 fully saturated rings. The number of anilines is 1. The molecule has 2 aliphatic heterocycles. The van der Waals surface area contributed by atoms with Gasteiger partial charge in [-0.3, -0.25) is 19.7 Å². The van der Waals surface area contributed by atoms with Crippen LogP contribution in [0.5, 0.6) is 11.8 Å². The fraction of sp³-hybridized carbons (Fsp3) is 0.325. The maximum atomic E-state index is 17.0. The van der Waals surface area contributed by atoms with E-state index < -0.39 is 23.3 Å². The molecule has 2 saturated heterocycles. The fourth-order valence-corrected chi connectivity index (χ4v) is 7.45. The van der Waals surface area contributed by atoms with Crippen molar-refractivity contribution in [2.45, 2.75) is 56.9 Å². The first-order valence-corrected chi connectivity index (χ1v) is 17.4. The van der Waals surface area contributed by atoms with Crippen LogP contribution in [0.25, 0.3) is 32.9 Å². The summed E-state index contributed by atoms with van der Waals surface area (Å²) in [5, 5.41) is 14.5. The minimum atomic E-state index is -1.09. The fourth-order valence-electron chi connectivity index (χ4n) is 7.45. The van der Waals surface area contributed by atoms with Crippen LogP contribution in [0, 0.1) is 24.0 Å². The van der Waals surface area contributed by atoms with Crippen LogP contribution < -0.4 is 15.0 Å². The predicted octanol–water partition coefficient (Wildman–Crippen LogP) is 6.25. The zero-order chi connectivity index (χ0) is 37.3. The van der Waals surface area contributed by atoms with Crippen molar-refractivity contribution in [1.29, 1.82) is 0 Å². The number of ether oxygens (including phenoxy) is 1. The second kappa shape index (κ2) is 14.7. The number of pyridine rings is 2. The minimum absolute atomic E-state index is 0.00178. The first-order chi connectivity index (χ1) is 25.6. The number of benzene rings is 2. The molecule has 10 nitrogen and oxygen atoms in total. The molecule has 2 aromatic carbocycles. The maximum Gasteiger partial charge on any atom is 0.319 e. The number of amides is 1. The van der Waals surface area contributed by atoms with E-state index in [1.54, 1.807) is 12.4 Å². The molecule has 1 amide bonds. The number of nitrogens with zero attached hydrogens (tertiary/aromatic N) is 6. The van der Waals surface area contributed by atoms with Gasteiger partial charge in [-0.05, 0) is 67.5 Å². The predicted molar refractivity (Wildman–Crippen MR) is 196 cm³/mol. The molecule has 272 valence electrons. The lowest BCUT2D eigenvalue weighted by Gasteiger charge is -2.34. The van der Waals surface area contributed by atoms with E-state index in [4.69, 9.17) is 16.1 Å². The summed E-state index contributed by atoms with van der Waals surface area (Å²) in [5.74, 6) is 0.646. The smallest absolute Gasteiger partial charge is 0.319 e. The molecule has 13 heteroatoms. The molecule has 3 aromatic heterocycles. The van der Waals surface area contributed by atoms with Crippen LogP contribution in [0.1, 0.15) is 43.7 Å². The van der Waals surface area contributed by atoms with E-state index >= 15 is 4.39 Å². The third-order valence-corrected chi connectivity index (χ3v) is 10.0. The Bertz CT molecular complexity index is 2250. The van der Waals surface area contributed by atoms with Gasteiger partial charge >= 0.3 is 6.01 Å². The lowest BCUT2D eigenvalue weighted by molar-refractivity contribution is -0.117. The van der Waals surface area contributed by atoms with Crippen LogP contribution in [-0.4, -0.2) is 79.8 Å². The van der Waals surface area contributed by atoms with Crippen molar-refractivity contribution in [2.24, 2.45) is 0 Å². The minimum Gasteiger partial charge on any atom is -0.508 e. The van der Waals surface area contributed by atoms with E-state index in [9.17, 15) is 18.7 Å². The highest BCUT2D eigenvalue weighted by molar-refractivity contribution is 6.03. The molecule has 0 bridgehead atoms. The quantitative estimate of drug-likeness (QED) is 0.135. The number of carbonyl (C=O) groups is 1. The lowest BCUT2D eigenvalue weighted by atomic mass is 9.96. The van der Waals surface area contributed by atoms with Gasteiger partial charge in [-0.25, -0.2) is 13.2 Å². The number of nitrogens with one attached hydrogen (secondary N) is 1. The average Bonchev–Trinajstić information content (AvgIpc) is 3.27. The molecule has 0 aliphatic carbocycles. The number of phenols is 1. The molecule has 3 atom stereocenters. The molecule has 0 radical (unpaired) electrons. The van der Waals surface area contributed by atoms with Crippen molar-refractivity contribution in [3.05, 3.63) is 90.4 Å².